The molecule has 2 saturated carbocycles. The molecule has 0 N–H and O–H groups in total. The van der Waals surface area contributed by atoms with Gasteiger partial charge in [-0.1, -0.05) is 12.8 Å². The molecule has 2 aliphatic carbocycles. The molecule has 1 aromatic carbocycles. The number of halogens is 1. The summed E-state index contributed by atoms with van der Waals surface area (Å²) in [5, 5.41) is 0. The van der Waals surface area contributed by atoms with Crippen molar-refractivity contribution in [3.63, 3.8) is 0 Å². The Kier molecular flexibility index (Phi) is 8.51. The first-order valence-electron chi connectivity index (χ1n) is 14.7. The summed E-state index contributed by atoms with van der Waals surface area (Å²) >= 11 is 0. The SMILES string of the molecule is Cl.c1cc(N2CCN(CC3CCOCC3)CC2)c(C2CCC3(CCCC3)CC2)cc1N1CCCC1. The summed E-state index contributed by atoms with van der Waals surface area (Å²) in [7, 11) is 0. The highest BCUT2D eigenvalue weighted by atomic mass is 35.5. The average molecular weight is 502 g/mol. The zero-order valence-electron chi connectivity index (χ0n) is 21.9. The third-order valence-corrected chi connectivity index (χ3v) is 10.2. The maximum atomic E-state index is 5.58. The van der Waals surface area contributed by atoms with Gasteiger partial charge in [-0.15, -0.1) is 12.4 Å². The summed E-state index contributed by atoms with van der Waals surface area (Å²) in [6, 6.07) is 7.59. The van der Waals surface area contributed by atoms with Gasteiger partial charge in [0.15, 0.2) is 0 Å². The molecule has 1 aromatic rings. The second-order valence-electron chi connectivity index (χ2n) is 12.3. The Morgan fingerprint density at radius 3 is 2.11 bits per heavy atom. The Morgan fingerprint density at radius 2 is 1.43 bits per heavy atom. The number of hydrogen-bond acceptors (Lipinski definition) is 4. The van der Waals surface area contributed by atoms with Crippen molar-refractivity contribution in [3.8, 4) is 0 Å². The smallest absolute Gasteiger partial charge is 0.0469 e. The van der Waals surface area contributed by atoms with Crippen molar-refractivity contribution in [2.75, 3.05) is 68.8 Å². The van der Waals surface area contributed by atoms with E-state index >= 15 is 0 Å². The highest BCUT2D eigenvalue weighted by Gasteiger charge is 2.38. The first-order chi connectivity index (χ1) is 16.8. The topological polar surface area (TPSA) is 19.0 Å². The van der Waals surface area contributed by atoms with Crippen molar-refractivity contribution >= 4 is 23.8 Å². The van der Waals surface area contributed by atoms with Gasteiger partial charge in [0.1, 0.15) is 0 Å². The van der Waals surface area contributed by atoms with Gasteiger partial charge >= 0.3 is 0 Å². The van der Waals surface area contributed by atoms with E-state index in [0.29, 0.717) is 0 Å². The normalized spacial score (nSPS) is 26.4. The average Bonchev–Trinajstić information content (AvgIpc) is 3.59. The van der Waals surface area contributed by atoms with Gasteiger partial charge in [0, 0.05) is 70.4 Å². The molecule has 4 nitrogen and oxygen atoms in total. The van der Waals surface area contributed by atoms with Crippen molar-refractivity contribution in [2.45, 2.75) is 83.0 Å². The largest absolute Gasteiger partial charge is 0.381 e. The van der Waals surface area contributed by atoms with E-state index in [1.807, 2.05) is 0 Å². The van der Waals surface area contributed by atoms with Gasteiger partial charge in [-0.2, -0.15) is 0 Å². The van der Waals surface area contributed by atoms with Crippen LogP contribution >= 0.6 is 12.4 Å². The van der Waals surface area contributed by atoms with Gasteiger partial charge in [-0.05, 0) is 105 Å². The molecule has 0 radical (unpaired) electrons. The molecule has 5 heteroatoms. The molecular weight excluding hydrogens is 454 g/mol. The van der Waals surface area contributed by atoms with E-state index in [1.165, 1.54) is 129 Å². The zero-order chi connectivity index (χ0) is 22.8. The summed E-state index contributed by atoms with van der Waals surface area (Å²) in [4.78, 5) is 8.11. The number of hydrogen-bond donors (Lipinski definition) is 0. The fourth-order valence-corrected chi connectivity index (χ4v) is 7.96. The van der Waals surface area contributed by atoms with Crippen LogP contribution in [-0.2, 0) is 4.74 Å². The molecular formula is C30H48ClN3O. The second-order valence-corrected chi connectivity index (χ2v) is 12.3. The molecule has 0 bridgehead atoms. The van der Waals surface area contributed by atoms with E-state index in [0.717, 1.165) is 30.5 Å². The lowest BCUT2D eigenvalue weighted by Gasteiger charge is -2.42. The first-order valence-corrected chi connectivity index (χ1v) is 14.7. The zero-order valence-corrected chi connectivity index (χ0v) is 22.7. The van der Waals surface area contributed by atoms with Crippen LogP contribution in [0.3, 0.4) is 0 Å². The molecule has 5 aliphatic rings. The van der Waals surface area contributed by atoms with Crippen molar-refractivity contribution in [1.29, 1.82) is 0 Å². The summed E-state index contributed by atoms with van der Waals surface area (Å²) in [6.45, 7) is 10.5. The minimum atomic E-state index is 0. The van der Waals surface area contributed by atoms with Crippen molar-refractivity contribution in [2.24, 2.45) is 11.3 Å². The third kappa shape index (κ3) is 5.80. The molecule has 0 atom stereocenters. The van der Waals surface area contributed by atoms with E-state index < -0.39 is 0 Å². The van der Waals surface area contributed by atoms with Crippen LogP contribution in [-0.4, -0.2) is 63.9 Å². The Bertz CT molecular complexity index is 796. The molecule has 5 fully saturated rings. The number of anilines is 2. The Morgan fingerprint density at radius 1 is 0.743 bits per heavy atom. The minimum absolute atomic E-state index is 0. The monoisotopic (exact) mass is 501 g/mol. The maximum Gasteiger partial charge on any atom is 0.0469 e. The van der Waals surface area contributed by atoms with Crippen LogP contribution in [0.25, 0.3) is 0 Å². The third-order valence-electron chi connectivity index (χ3n) is 10.2. The fraction of sp³-hybridized carbons (Fsp3) is 0.800. The lowest BCUT2D eigenvalue weighted by atomic mass is 9.68. The summed E-state index contributed by atoms with van der Waals surface area (Å²) in [6.07, 6.45) is 17.0. The summed E-state index contributed by atoms with van der Waals surface area (Å²) in [5.41, 5.74) is 5.48. The number of benzene rings is 1. The summed E-state index contributed by atoms with van der Waals surface area (Å²) < 4.78 is 5.58. The van der Waals surface area contributed by atoms with Crippen LogP contribution in [0.4, 0.5) is 11.4 Å². The number of nitrogens with zero attached hydrogens (tertiary/aromatic N) is 3. The molecule has 196 valence electrons. The lowest BCUT2D eigenvalue weighted by Crippen LogP contribution is -2.48. The highest BCUT2D eigenvalue weighted by Crippen LogP contribution is 2.53. The van der Waals surface area contributed by atoms with Gasteiger partial charge in [0.25, 0.3) is 0 Å². The summed E-state index contributed by atoms with van der Waals surface area (Å²) in [5.74, 6) is 1.62. The Balaban J connectivity index is 0.00000253. The molecule has 1 spiro atoms. The van der Waals surface area contributed by atoms with Crippen molar-refractivity contribution < 1.29 is 4.74 Å². The molecule has 3 saturated heterocycles. The van der Waals surface area contributed by atoms with Gasteiger partial charge in [0.05, 0.1) is 0 Å². The number of ether oxygens (including phenoxy) is 1. The van der Waals surface area contributed by atoms with E-state index in [9.17, 15) is 0 Å². The standard InChI is InChI=1S/C30H47N3O.ClH/c1-2-12-30(11-1)13-7-26(8-14-30)28-23-27(32-15-3-4-16-32)5-6-29(28)33-19-17-31(18-20-33)24-25-9-21-34-22-10-25;/h5-6,23,25-26H,1-4,7-22,24H2;1H. The maximum absolute atomic E-state index is 5.58. The highest BCUT2D eigenvalue weighted by molar-refractivity contribution is 5.85. The van der Waals surface area contributed by atoms with E-state index in [-0.39, 0.29) is 12.4 Å². The number of piperazine rings is 1. The molecule has 35 heavy (non-hydrogen) atoms. The number of rotatable bonds is 5. The lowest BCUT2D eigenvalue weighted by molar-refractivity contribution is 0.0517. The quantitative estimate of drug-likeness (QED) is 0.459. The van der Waals surface area contributed by atoms with Gasteiger partial charge < -0.3 is 14.5 Å². The van der Waals surface area contributed by atoms with Crippen LogP contribution in [0.1, 0.15) is 88.5 Å². The van der Waals surface area contributed by atoms with Gasteiger partial charge in [0.2, 0.25) is 0 Å². The van der Waals surface area contributed by atoms with Crippen LogP contribution in [0.5, 0.6) is 0 Å². The van der Waals surface area contributed by atoms with E-state index in [4.69, 9.17) is 4.74 Å². The van der Waals surface area contributed by atoms with E-state index in [1.54, 1.807) is 11.3 Å². The van der Waals surface area contributed by atoms with Crippen LogP contribution < -0.4 is 9.80 Å². The second kappa shape index (κ2) is 11.6. The molecule has 6 rings (SSSR count). The first kappa shape index (κ1) is 25.7. The minimum Gasteiger partial charge on any atom is -0.381 e. The molecule has 0 aromatic heterocycles. The molecule has 3 heterocycles. The van der Waals surface area contributed by atoms with Crippen molar-refractivity contribution in [3.05, 3.63) is 23.8 Å². The molecule has 0 unspecified atom stereocenters. The predicted octanol–water partition coefficient (Wildman–Crippen LogP) is 6.48. The molecule has 0 amide bonds. The Labute approximate surface area is 220 Å². The van der Waals surface area contributed by atoms with Crippen LogP contribution in [0.2, 0.25) is 0 Å². The van der Waals surface area contributed by atoms with Gasteiger partial charge in [-0.25, -0.2) is 0 Å². The van der Waals surface area contributed by atoms with Crippen LogP contribution in [0.15, 0.2) is 18.2 Å². The Hall–Kier alpha value is -0.970. The van der Waals surface area contributed by atoms with Crippen molar-refractivity contribution in [1.82, 2.24) is 4.90 Å². The van der Waals surface area contributed by atoms with E-state index in [2.05, 4.69) is 32.9 Å². The van der Waals surface area contributed by atoms with Gasteiger partial charge in [-0.3, -0.25) is 4.90 Å². The predicted molar refractivity (Wildman–Crippen MR) is 149 cm³/mol. The van der Waals surface area contributed by atoms with Crippen LogP contribution in [0, 0.1) is 11.3 Å². The molecule has 3 aliphatic heterocycles. The fourth-order valence-electron chi connectivity index (χ4n) is 7.96.